The molecule has 2 aromatic rings. The molecule has 2 atom stereocenters. The zero-order chi connectivity index (χ0) is 14.7. The Kier molecular flexibility index (Phi) is 4.80. The van der Waals surface area contributed by atoms with Crippen molar-refractivity contribution in [2.24, 2.45) is 0 Å². The lowest BCUT2D eigenvalue weighted by atomic mass is 10.2. The number of amides is 1. The highest BCUT2D eigenvalue weighted by molar-refractivity contribution is 7.88. The van der Waals surface area contributed by atoms with Crippen LogP contribution in [0, 0.1) is 0 Å². The minimum atomic E-state index is -1.37. The summed E-state index contributed by atoms with van der Waals surface area (Å²) in [4.78, 5) is 12.1. The Bertz CT molecular complexity index is 644. The quantitative estimate of drug-likeness (QED) is 0.847. The van der Waals surface area contributed by atoms with Crippen molar-refractivity contribution in [1.82, 2.24) is 0 Å². The maximum absolute atomic E-state index is 12.2. The SMILES string of the molecule is CC(C(=O)Nc1ccc(N)cc1Cl)S(=O)c1cccs1. The third-order valence-electron chi connectivity index (χ3n) is 2.63. The van der Waals surface area contributed by atoms with Crippen molar-refractivity contribution in [2.45, 2.75) is 16.4 Å². The fourth-order valence-corrected chi connectivity index (χ4v) is 3.99. The fourth-order valence-electron chi connectivity index (χ4n) is 1.52. The van der Waals surface area contributed by atoms with Crippen LogP contribution in [0.1, 0.15) is 6.92 Å². The van der Waals surface area contributed by atoms with Crippen LogP contribution in [0.2, 0.25) is 5.02 Å². The predicted octanol–water partition coefficient (Wildman–Crippen LogP) is 3.12. The Hall–Kier alpha value is -1.37. The van der Waals surface area contributed by atoms with Crippen LogP contribution >= 0.6 is 22.9 Å². The van der Waals surface area contributed by atoms with Crippen LogP contribution in [0.3, 0.4) is 0 Å². The van der Waals surface area contributed by atoms with E-state index >= 15 is 0 Å². The molecule has 0 aliphatic carbocycles. The van der Waals surface area contributed by atoms with E-state index in [1.165, 1.54) is 11.3 Å². The van der Waals surface area contributed by atoms with Crippen molar-refractivity contribution >= 4 is 51.0 Å². The van der Waals surface area contributed by atoms with E-state index < -0.39 is 16.0 Å². The molecule has 0 bridgehead atoms. The zero-order valence-corrected chi connectivity index (χ0v) is 13.0. The van der Waals surface area contributed by atoms with Gasteiger partial charge in [0.1, 0.15) is 5.25 Å². The molecule has 1 aromatic carbocycles. The first-order valence-corrected chi connectivity index (χ1v) is 8.26. The molecule has 0 aliphatic heterocycles. The molecule has 1 amide bonds. The molecule has 2 rings (SSSR count). The summed E-state index contributed by atoms with van der Waals surface area (Å²) in [5.74, 6) is -0.344. The second-order valence-corrected chi connectivity index (χ2v) is 7.46. The monoisotopic (exact) mass is 328 g/mol. The molecule has 7 heteroatoms. The molecule has 0 saturated heterocycles. The summed E-state index contributed by atoms with van der Waals surface area (Å²) in [5, 5.41) is 4.18. The second kappa shape index (κ2) is 6.39. The van der Waals surface area contributed by atoms with Gasteiger partial charge < -0.3 is 11.1 Å². The molecule has 0 aliphatic rings. The molecule has 0 spiro atoms. The molecule has 2 unspecified atom stereocenters. The van der Waals surface area contributed by atoms with Gasteiger partial charge in [-0.05, 0) is 36.6 Å². The van der Waals surface area contributed by atoms with Crippen LogP contribution in [0.15, 0.2) is 39.9 Å². The molecular formula is C13H13ClN2O2S2. The number of hydrogen-bond donors (Lipinski definition) is 2. The first-order valence-electron chi connectivity index (χ1n) is 5.79. The molecule has 0 saturated carbocycles. The van der Waals surface area contributed by atoms with E-state index in [0.717, 1.165) is 0 Å². The molecular weight excluding hydrogens is 316 g/mol. The Morgan fingerprint density at radius 2 is 2.20 bits per heavy atom. The summed E-state index contributed by atoms with van der Waals surface area (Å²) >= 11 is 7.35. The lowest BCUT2D eigenvalue weighted by molar-refractivity contribution is -0.115. The van der Waals surface area contributed by atoms with Gasteiger partial charge in [0, 0.05) is 5.69 Å². The number of halogens is 1. The highest BCUT2D eigenvalue weighted by atomic mass is 35.5. The summed E-state index contributed by atoms with van der Waals surface area (Å²) in [6.45, 7) is 1.62. The highest BCUT2D eigenvalue weighted by Gasteiger charge is 2.22. The minimum absolute atomic E-state index is 0.344. The van der Waals surface area contributed by atoms with Gasteiger partial charge in [-0.25, -0.2) is 0 Å². The van der Waals surface area contributed by atoms with Crippen molar-refractivity contribution in [2.75, 3.05) is 11.1 Å². The number of hydrogen-bond acceptors (Lipinski definition) is 4. The van der Waals surface area contributed by atoms with E-state index in [2.05, 4.69) is 5.32 Å². The number of anilines is 2. The van der Waals surface area contributed by atoms with Crippen molar-refractivity contribution in [3.8, 4) is 0 Å². The molecule has 4 nitrogen and oxygen atoms in total. The number of benzene rings is 1. The average Bonchev–Trinajstić information content (AvgIpc) is 2.94. The lowest BCUT2D eigenvalue weighted by Crippen LogP contribution is -2.28. The summed E-state index contributed by atoms with van der Waals surface area (Å²) in [7, 11) is -1.37. The second-order valence-electron chi connectivity index (χ2n) is 4.10. The third kappa shape index (κ3) is 3.39. The fraction of sp³-hybridized carbons (Fsp3) is 0.154. The molecule has 0 radical (unpaired) electrons. The number of rotatable bonds is 4. The van der Waals surface area contributed by atoms with Gasteiger partial charge in [0.2, 0.25) is 5.91 Å². The van der Waals surface area contributed by atoms with Crippen molar-refractivity contribution < 1.29 is 9.00 Å². The summed E-state index contributed by atoms with van der Waals surface area (Å²) in [5.41, 5.74) is 6.56. The highest BCUT2D eigenvalue weighted by Crippen LogP contribution is 2.25. The van der Waals surface area contributed by atoms with E-state index in [-0.39, 0.29) is 5.91 Å². The largest absolute Gasteiger partial charge is 0.399 e. The normalized spacial score (nSPS) is 13.7. The van der Waals surface area contributed by atoms with Gasteiger partial charge in [0.05, 0.1) is 25.7 Å². The number of nitrogens with two attached hydrogens (primary N) is 1. The van der Waals surface area contributed by atoms with Crippen molar-refractivity contribution in [3.05, 3.63) is 40.7 Å². The van der Waals surface area contributed by atoms with Gasteiger partial charge in [0.15, 0.2) is 0 Å². The van der Waals surface area contributed by atoms with Crippen molar-refractivity contribution in [1.29, 1.82) is 0 Å². The van der Waals surface area contributed by atoms with Gasteiger partial charge in [-0.3, -0.25) is 9.00 Å². The third-order valence-corrected chi connectivity index (χ3v) is 5.78. The summed E-state index contributed by atoms with van der Waals surface area (Å²) in [6.07, 6.45) is 0. The van der Waals surface area contributed by atoms with Crippen LogP contribution in [0.25, 0.3) is 0 Å². The molecule has 0 fully saturated rings. The standard InChI is InChI=1S/C13H13ClN2O2S2/c1-8(20(18)12-3-2-6-19-12)13(17)16-11-5-4-9(15)7-10(11)14/h2-8H,15H2,1H3,(H,16,17). The number of nitrogen functional groups attached to an aromatic ring is 1. The van der Waals surface area contributed by atoms with E-state index in [0.29, 0.717) is 20.6 Å². The Morgan fingerprint density at radius 1 is 1.45 bits per heavy atom. The maximum Gasteiger partial charge on any atom is 0.240 e. The number of nitrogens with one attached hydrogen (secondary N) is 1. The Labute approximate surface area is 128 Å². The predicted molar refractivity (Wildman–Crippen MR) is 84.7 cm³/mol. The molecule has 1 aromatic heterocycles. The van der Waals surface area contributed by atoms with Gasteiger partial charge >= 0.3 is 0 Å². The van der Waals surface area contributed by atoms with Gasteiger partial charge in [-0.1, -0.05) is 17.7 Å². The van der Waals surface area contributed by atoms with Gasteiger partial charge in [-0.2, -0.15) is 0 Å². The number of carbonyl (C=O) groups is 1. The zero-order valence-electron chi connectivity index (χ0n) is 10.6. The lowest BCUT2D eigenvalue weighted by Gasteiger charge is -2.12. The van der Waals surface area contributed by atoms with E-state index in [1.807, 2.05) is 5.38 Å². The summed E-state index contributed by atoms with van der Waals surface area (Å²) in [6, 6.07) is 8.37. The smallest absolute Gasteiger partial charge is 0.240 e. The van der Waals surface area contributed by atoms with E-state index in [4.69, 9.17) is 17.3 Å². The topological polar surface area (TPSA) is 72.2 Å². The molecule has 3 N–H and O–H groups in total. The van der Waals surface area contributed by atoms with E-state index in [1.54, 1.807) is 37.3 Å². The number of carbonyl (C=O) groups excluding carboxylic acids is 1. The Balaban J connectivity index is 2.10. The first kappa shape index (κ1) is 15.0. The number of thiophene rings is 1. The van der Waals surface area contributed by atoms with Crippen molar-refractivity contribution in [3.63, 3.8) is 0 Å². The van der Waals surface area contributed by atoms with Gasteiger partial charge in [-0.15, -0.1) is 11.3 Å². The van der Waals surface area contributed by atoms with Gasteiger partial charge in [0.25, 0.3) is 0 Å². The van der Waals surface area contributed by atoms with Crippen LogP contribution in [0.5, 0.6) is 0 Å². The molecule has 1 heterocycles. The minimum Gasteiger partial charge on any atom is -0.399 e. The average molecular weight is 329 g/mol. The molecule has 106 valence electrons. The van der Waals surface area contributed by atoms with Crippen LogP contribution in [-0.2, 0) is 15.6 Å². The van der Waals surface area contributed by atoms with Crippen LogP contribution in [-0.4, -0.2) is 15.4 Å². The molecule has 20 heavy (non-hydrogen) atoms. The van der Waals surface area contributed by atoms with E-state index in [9.17, 15) is 9.00 Å². The van der Waals surface area contributed by atoms with Crippen LogP contribution < -0.4 is 11.1 Å². The first-order chi connectivity index (χ1) is 9.49. The summed E-state index contributed by atoms with van der Waals surface area (Å²) < 4.78 is 12.9. The van der Waals surface area contributed by atoms with Crippen LogP contribution in [0.4, 0.5) is 11.4 Å². The maximum atomic E-state index is 12.2. The Morgan fingerprint density at radius 3 is 2.80 bits per heavy atom.